The van der Waals surface area contributed by atoms with Gasteiger partial charge < -0.3 is 14.3 Å². The van der Waals surface area contributed by atoms with Crippen LogP contribution in [0.5, 0.6) is 0 Å². The van der Waals surface area contributed by atoms with Crippen molar-refractivity contribution in [3.63, 3.8) is 0 Å². The summed E-state index contributed by atoms with van der Waals surface area (Å²) in [5, 5.41) is 0. The lowest BCUT2D eigenvalue weighted by atomic mass is 9.82. The Kier molecular flexibility index (Phi) is 25.5. The van der Waals surface area contributed by atoms with Crippen LogP contribution in [0.2, 0.25) is 0 Å². The first kappa shape index (κ1) is 29.9. The maximum absolute atomic E-state index is 10.0. The number of ether oxygens (including phenoxy) is 2. The van der Waals surface area contributed by atoms with Crippen LogP contribution in [0.4, 0.5) is 0 Å². The first-order valence-corrected chi connectivity index (χ1v) is 10.7. The maximum atomic E-state index is 10.0. The summed E-state index contributed by atoms with van der Waals surface area (Å²) in [6.07, 6.45) is 18.7. The van der Waals surface area contributed by atoms with Crippen LogP contribution in [-0.4, -0.2) is 24.8 Å². The second-order valence-electron chi connectivity index (χ2n) is 6.16. The summed E-state index contributed by atoms with van der Waals surface area (Å²) in [6.45, 7) is 15.5. The number of carbonyl (C=O) groups is 1. The number of Topliss-reactive ketones (excluding diaryl/α,β-unsaturated/α-hetero) is 1. The van der Waals surface area contributed by atoms with Gasteiger partial charge in [-0.05, 0) is 25.7 Å². The molecule has 2 aliphatic rings. The molecule has 0 bridgehead atoms. The number of carbonyl (C=O) groups excluding carboxylic acids is 1. The zero-order chi connectivity index (χ0) is 20.8. The maximum Gasteiger partial charge on any atom is 0.168 e. The van der Waals surface area contributed by atoms with Crippen LogP contribution in [0.1, 0.15) is 106 Å². The van der Waals surface area contributed by atoms with Gasteiger partial charge in [-0.3, -0.25) is 0 Å². The van der Waals surface area contributed by atoms with Crippen LogP contribution in [0.3, 0.4) is 0 Å². The van der Waals surface area contributed by atoms with Gasteiger partial charge in [0.25, 0.3) is 0 Å². The third-order valence-electron chi connectivity index (χ3n) is 4.15. The standard InChI is InChI=1S/C12H22O2.C5H10O.2C2H6.C2H2/c1-2-3-5-11-6-4-7-12(10-11)13-8-9-14-12;1-3-4-5(2)6;3*1-2/h11H,2-10H2,1H3;3-4H2,1-2H3;2*1-2H3;1-2H/t11-;;;;/m1..../s1. The molecule has 0 amide bonds. The van der Waals surface area contributed by atoms with Crippen LogP contribution in [0.25, 0.3) is 0 Å². The highest BCUT2D eigenvalue weighted by atomic mass is 16.7. The highest BCUT2D eigenvalue weighted by Crippen LogP contribution is 2.40. The molecule has 1 aliphatic heterocycles. The summed E-state index contributed by atoms with van der Waals surface area (Å²) >= 11 is 0. The van der Waals surface area contributed by atoms with Crippen molar-refractivity contribution in [3.05, 3.63) is 0 Å². The summed E-state index contributed by atoms with van der Waals surface area (Å²) < 4.78 is 11.5. The third kappa shape index (κ3) is 15.4. The topological polar surface area (TPSA) is 35.5 Å². The van der Waals surface area contributed by atoms with Gasteiger partial charge in [0.15, 0.2) is 5.79 Å². The lowest BCUT2D eigenvalue weighted by molar-refractivity contribution is -0.187. The summed E-state index contributed by atoms with van der Waals surface area (Å²) in [5.41, 5.74) is 0. The van der Waals surface area contributed by atoms with E-state index in [0.717, 1.165) is 44.8 Å². The van der Waals surface area contributed by atoms with Gasteiger partial charge in [0.1, 0.15) is 5.78 Å². The molecule has 26 heavy (non-hydrogen) atoms. The lowest BCUT2D eigenvalue weighted by Crippen LogP contribution is -2.36. The van der Waals surface area contributed by atoms with E-state index in [1.54, 1.807) is 6.92 Å². The number of terminal acetylenes is 1. The van der Waals surface area contributed by atoms with E-state index in [1.807, 2.05) is 34.6 Å². The second kappa shape index (κ2) is 22.2. The predicted molar refractivity (Wildman–Crippen MR) is 114 cm³/mol. The Morgan fingerprint density at radius 3 is 1.96 bits per heavy atom. The Morgan fingerprint density at radius 1 is 1.04 bits per heavy atom. The third-order valence-corrected chi connectivity index (χ3v) is 4.15. The minimum Gasteiger partial charge on any atom is -0.348 e. The fourth-order valence-corrected chi connectivity index (χ4v) is 3.15. The van der Waals surface area contributed by atoms with Gasteiger partial charge in [0.05, 0.1) is 13.2 Å². The monoisotopic (exact) mass is 370 g/mol. The van der Waals surface area contributed by atoms with Gasteiger partial charge in [-0.15, -0.1) is 12.8 Å². The number of hydrogen-bond donors (Lipinski definition) is 0. The van der Waals surface area contributed by atoms with E-state index in [-0.39, 0.29) is 11.6 Å². The Hall–Kier alpha value is -0.850. The van der Waals surface area contributed by atoms with Crippen molar-refractivity contribution in [2.45, 2.75) is 112 Å². The molecule has 0 aromatic rings. The molecule has 1 atom stereocenters. The molecule has 1 spiro atoms. The van der Waals surface area contributed by atoms with Gasteiger partial charge in [-0.1, -0.05) is 67.2 Å². The summed E-state index contributed by atoms with van der Waals surface area (Å²) in [5.74, 6) is 0.982. The molecule has 0 aromatic carbocycles. The number of unbranched alkanes of at least 4 members (excludes halogenated alkanes) is 1. The van der Waals surface area contributed by atoms with Crippen LogP contribution >= 0.6 is 0 Å². The fourth-order valence-electron chi connectivity index (χ4n) is 3.15. The number of rotatable bonds is 5. The van der Waals surface area contributed by atoms with E-state index in [9.17, 15) is 4.79 Å². The normalized spacial score (nSPS) is 19.2. The zero-order valence-corrected chi connectivity index (χ0v) is 18.7. The lowest BCUT2D eigenvalue weighted by Gasteiger charge is -2.36. The largest absolute Gasteiger partial charge is 0.348 e. The SMILES string of the molecule is C#C.CC.CC.CCCC(C)=O.CCCC[C@@H]1CCCC2(C1)OCCO2. The average molecular weight is 371 g/mol. The van der Waals surface area contributed by atoms with Crippen molar-refractivity contribution in [1.29, 1.82) is 0 Å². The molecule has 2 rings (SSSR count). The summed E-state index contributed by atoms with van der Waals surface area (Å²) in [4.78, 5) is 10.0. The van der Waals surface area contributed by atoms with Crippen LogP contribution in [0.15, 0.2) is 0 Å². The molecule has 3 nitrogen and oxygen atoms in total. The van der Waals surface area contributed by atoms with Gasteiger partial charge in [-0.2, -0.15) is 0 Å². The Labute approximate surface area is 164 Å². The van der Waals surface area contributed by atoms with E-state index >= 15 is 0 Å². The van der Waals surface area contributed by atoms with Gasteiger partial charge in [0, 0.05) is 19.3 Å². The average Bonchev–Trinajstić information content (AvgIpc) is 3.13. The zero-order valence-electron chi connectivity index (χ0n) is 18.7. The summed E-state index contributed by atoms with van der Waals surface area (Å²) in [7, 11) is 0. The molecule has 1 aliphatic carbocycles. The molecule has 1 saturated carbocycles. The Morgan fingerprint density at radius 2 is 1.58 bits per heavy atom. The minimum atomic E-state index is -0.156. The molecule has 0 aromatic heterocycles. The number of ketones is 1. The van der Waals surface area contributed by atoms with Crippen LogP contribution < -0.4 is 0 Å². The molecular formula is C23H46O3. The Bertz CT molecular complexity index is 304. The van der Waals surface area contributed by atoms with Crippen molar-refractivity contribution in [2.75, 3.05) is 13.2 Å². The molecule has 0 N–H and O–H groups in total. The smallest absolute Gasteiger partial charge is 0.168 e. The molecule has 3 heteroatoms. The van der Waals surface area contributed by atoms with Crippen molar-refractivity contribution < 1.29 is 14.3 Å². The highest BCUT2D eigenvalue weighted by molar-refractivity contribution is 5.75. The molecule has 1 heterocycles. The highest BCUT2D eigenvalue weighted by Gasteiger charge is 2.40. The first-order chi connectivity index (χ1) is 12.6. The quantitative estimate of drug-likeness (QED) is 0.500. The van der Waals surface area contributed by atoms with Gasteiger partial charge in [-0.25, -0.2) is 0 Å². The van der Waals surface area contributed by atoms with Gasteiger partial charge >= 0.3 is 0 Å². The van der Waals surface area contributed by atoms with Crippen molar-refractivity contribution >= 4 is 5.78 Å². The first-order valence-electron chi connectivity index (χ1n) is 10.7. The van der Waals surface area contributed by atoms with E-state index in [0.29, 0.717) is 0 Å². The van der Waals surface area contributed by atoms with Crippen molar-refractivity contribution in [3.8, 4) is 12.8 Å². The molecule has 2 fully saturated rings. The van der Waals surface area contributed by atoms with Gasteiger partial charge in [0.2, 0.25) is 0 Å². The second-order valence-corrected chi connectivity index (χ2v) is 6.16. The molecular weight excluding hydrogens is 324 g/mol. The molecule has 156 valence electrons. The van der Waals surface area contributed by atoms with E-state index in [4.69, 9.17) is 9.47 Å². The van der Waals surface area contributed by atoms with Crippen LogP contribution in [0, 0.1) is 18.8 Å². The van der Waals surface area contributed by atoms with Crippen LogP contribution in [-0.2, 0) is 14.3 Å². The van der Waals surface area contributed by atoms with E-state index in [1.165, 1.54) is 32.1 Å². The van der Waals surface area contributed by atoms with Crippen molar-refractivity contribution in [1.82, 2.24) is 0 Å². The minimum absolute atomic E-state index is 0.156. The fraction of sp³-hybridized carbons (Fsp3) is 0.870. The van der Waals surface area contributed by atoms with E-state index in [2.05, 4.69) is 19.8 Å². The summed E-state index contributed by atoms with van der Waals surface area (Å²) in [6, 6.07) is 0. The molecule has 0 radical (unpaired) electrons. The predicted octanol–water partition coefficient (Wildman–Crippen LogP) is 6.79. The molecule has 1 saturated heterocycles. The number of hydrogen-bond acceptors (Lipinski definition) is 3. The molecule has 0 unspecified atom stereocenters. The van der Waals surface area contributed by atoms with Crippen molar-refractivity contribution in [2.24, 2.45) is 5.92 Å². The van der Waals surface area contributed by atoms with E-state index < -0.39 is 0 Å². The Balaban J connectivity index is -0.000000374.